The first-order valence-corrected chi connectivity index (χ1v) is 5.77. The van der Waals surface area contributed by atoms with Gasteiger partial charge in [-0.25, -0.2) is 4.79 Å². The molecule has 0 N–H and O–H groups in total. The fraction of sp³-hybridized carbons (Fsp3) is 0.286. The molecule has 0 radical (unpaired) electrons. The van der Waals surface area contributed by atoms with E-state index in [1.165, 1.54) is 6.08 Å². The van der Waals surface area contributed by atoms with Gasteiger partial charge in [0.1, 0.15) is 0 Å². The number of nitrogens with zero attached hydrogens (tertiary/aromatic N) is 1. The number of ketones is 1. The van der Waals surface area contributed by atoms with Gasteiger partial charge in [-0.1, -0.05) is 30.3 Å². The van der Waals surface area contributed by atoms with Crippen LogP contribution in [0.4, 0.5) is 0 Å². The standard InChI is InChI=1S/C14H17NO3/c1-3-18-14(17)9-10-15(2)11-13(16)12-7-5-4-6-8-12/h4-10H,3,11H2,1-2H3/b10-9+. The number of carbonyl (C=O) groups is 2. The molecule has 0 atom stereocenters. The van der Waals surface area contributed by atoms with Gasteiger partial charge in [0.2, 0.25) is 0 Å². The van der Waals surface area contributed by atoms with Crippen molar-refractivity contribution in [3.63, 3.8) is 0 Å². The minimum Gasteiger partial charge on any atom is -0.463 e. The molecule has 0 aliphatic rings. The van der Waals surface area contributed by atoms with E-state index in [0.717, 1.165) is 0 Å². The van der Waals surface area contributed by atoms with Crippen LogP contribution in [0.15, 0.2) is 42.6 Å². The Bertz CT molecular complexity index is 426. The van der Waals surface area contributed by atoms with Crippen LogP contribution in [0, 0.1) is 0 Å². The average Bonchev–Trinajstić information content (AvgIpc) is 2.38. The van der Waals surface area contributed by atoms with Gasteiger partial charge in [0, 0.05) is 24.9 Å². The Kier molecular flexibility index (Phi) is 5.64. The van der Waals surface area contributed by atoms with Gasteiger partial charge in [-0.2, -0.15) is 0 Å². The van der Waals surface area contributed by atoms with Crippen LogP contribution < -0.4 is 0 Å². The van der Waals surface area contributed by atoms with Crippen molar-refractivity contribution in [1.82, 2.24) is 4.90 Å². The van der Waals surface area contributed by atoms with E-state index in [0.29, 0.717) is 12.2 Å². The first kappa shape index (κ1) is 14.0. The third kappa shape index (κ3) is 4.82. The second-order valence-electron chi connectivity index (χ2n) is 3.77. The number of ether oxygens (including phenoxy) is 1. The predicted octanol–water partition coefficient (Wildman–Crippen LogP) is 1.88. The van der Waals surface area contributed by atoms with E-state index < -0.39 is 5.97 Å². The van der Waals surface area contributed by atoms with Gasteiger partial charge in [-0.15, -0.1) is 0 Å². The maximum Gasteiger partial charge on any atom is 0.332 e. The van der Waals surface area contributed by atoms with Crippen LogP contribution in [0.1, 0.15) is 17.3 Å². The highest BCUT2D eigenvalue weighted by atomic mass is 16.5. The number of rotatable bonds is 6. The molecule has 0 fully saturated rings. The van der Waals surface area contributed by atoms with Crippen LogP contribution in [-0.4, -0.2) is 36.9 Å². The summed E-state index contributed by atoms with van der Waals surface area (Å²) >= 11 is 0. The van der Waals surface area contributed by atoms with Crippen LogP contribution in [0.25, 0.3) is 0 Å². The molecule has 0 heterocycles. The summed E-state index contributed by atoms with van der Waals surface area (Å²) in [4.78, 5) is 24.6. The van der Waals surface area contributed by atoms with Crippen LogP contribution >= 0.6 is 0 Å². The van der Waals surface area contributed by atoms with Crippen molar-refractivity contribution in [3.05, 3.63) is 48.2 Å². The maximum absolute atomic E-state index is 11.8. The van der Waals surface area contributed by atoms with Gasteiger partial charge < -0.3 is 9.64 Å². The number of carbonyl (C=O) groups excluding carboxylic acids is 2. The van der Waals surface area contributed by atoms with Gasteiger partial charge in [0.25, 0.3) is 0 Å². The summed E-state index contributed by atoms with van der Waals surface area (Å²) in [6.45, 7) is 2.31. The number of hydrogen-bond acceptors (Lipinski definition) is 4. The zero-order chi connectivity index (χ0) is 13.4. The van der Waals surface area contributed by atoms with Crippen LogP contribution in [-0.2, 0) is 9.53 Å². The fourth-order valence-electron chi connectivity index (χ4n) is 1.37. The molecular weight excluding hydrogens is 230 g/mol. The normalized spacial score (nSPS) is 10.3. The summed E-state index contributed by atoms with van der Waals surface area (Å²) in [5.74, 6) is -0.400. The molecule has 0 saturated heterocycles. The zero-order valence-electron chi connectivity index (χ0n) is 10.6. The largest absolute Gasteiger partial charge is 0.463 e. The lowest BCUT2D eigenvalue weighted by molar-refractivity contribution is -0.137. The smallest absolute Gasteiger partial charge is 0.332 e. The van der Waals surface area contributed by atoms with E-state index in [4.69, 9.17) is 4.74 Å². The van der Waals surface area contributed by atoms with Crippen molar-refractivity contribution in [3.8, 4) is 0 Å². The summed E-state index contributed by atoms with van der Waals surface area (Å²) in [6.07, 6.45) is 2.85. The molecule has 1 aromatic carbocycles. The van der Waals surface area contributed by atoms with E-state index in [1.54, 1.807) is 37.2 Å². The summed E-state index contributed by atoms with van der Waals surface area (Å²) < 4.78 is 4.74. The van der Waals surface area contributed by atoms with Gasteiger partial charge in [-0.3, -0.25) is 4.79 Å². The maximum atomic E-state index is 11.8. The molecule has 4 heteroatoms. The van der Waals surface area contributed by atoms with Crippen molar-refractivity contribution in [2.45, 2.75) is 6.92 Å². The number of hydrogen-bond donors (Lipinski definition) is 0. The lowest BCUT2D eigenvalue weighted by atomic mass is 10.1. The molecule has 0 amide bonds. The Hall–Kier alpha value is -2.10. The topological polar surface area (TPSA) is 46.6 Å². The minimum absolute atomic E-state index is 0.00612. The second-order valence-corrected chi connectivity index (χ2v) is 3.77. The lowest BCUT2D eigenvalue weighted by Gasteiger charge is -2.12. The quantitative estimate of drug-likeness (QED) is 0.437. The van der Waals surface area contributed by atoms with Crippen LogP contribution in [0.2, 0.25) is 0 Å². The molecule has 0 spiro atoms. The van der Waals surface area contributed by atoms with Crippen molar-refractivity contribution in [2.75, 3.05) is 20.2 Å². The first-order chi connectivity index (χ1) is 8.63. The highest BCUT2D eigenvalue weighted by Crippen LogP contribution is 2.01. The zero-order valence-corrected chi connectivity index (χ0v) is 10.6. The van der Waals surface area contributed by atoms with E-state index in [-0.39, 0.29) is 12.3 Å². The molecule has 0 aromatic heterocycles. The van der Waals surface area contributed by atoms with Crippen molar-refractivity contribution < 1.29 is 14.3 Å². The Balaban J connectivity index is 2.48. The first-order valence-electron chi connectivity index (χ1n) is 5.77. The SMILES string of the molecule is CCOC(=O)/C=C/N(C)CC(=O)c1ccccc1. The Morgan fingerprint density at radius 1 is 1.28 bits per heavy atom. The van der Waals surface area contributed by atoms with Crippen molar-refractivity contribution in [1.29, 1.82) is 0 Å². The van der Waals surface area contributed by atoms with Gasteiger partial charge in [-0.05, 0) is 6.92 Å². The molecule has 96 valence electrons. The summed E-state index contributed by atoms with van der Waals surface area (Å²) in [5, 5.41) is 0. The molecule has 18 heavy (non-hydrogen) atoms. The number of benzene rings is 1. The van der Waals surface area contributed by atoms with Gasteiger partial charge >= 0.3 is 5.97 Å². The predicted molar refractivity (Wildman–Crippen MR) is 69.2 cm³/mol. The average molecular weight is 247 g/mol. The van der Waals surface area contributed by atoms with Crippen molar-refractivity contribution >= 4 is 11.8 Å². The van der Waals surface area contributed by atoms with Gasteiger partial charge in [0.15, 0.2) is 5.78 Å². The minimum atomic E-state index is -0.406. The number of likely N-dealkylation sites (N-methyl/N-ethyl adjacent to an activating group) is 1. The number of esters is 1. The second kappa shape index (κ2) is 7.27. The Morgan fingerprint density at radius 2 is 1.94 bits per heavy atom. The highest BCUT2D eigenvalue weighted by molar-refractivity contribution is 5.97. The third-order valence-corrected chi connectivity index (χ3v) is 2.24. The highest BCUT2D eigenvalue weighted by Gasteiger charge is 2.06. The molecule has 1 aromatic rings. The van der Waals surface area contributed by atoms with Crippen LogP contribution in [0.5, 0.6) is 0 Å². The Labute approximate surface area is 107 Å². The summed E-state index contributed by atoms with van der Waals surface area (Å²) in [5.41, 5.74) is 0.661. The van der Waals surface area contributed by atoms with Gasteiger partial charge in [0.05, 0.1) is 13.2 Å². The molecular formula is C14H17NO3. The molecule has 0 aliphatic carbocycles. The van der Waals surface area contributed by atoms with E-state index in [9.17, 15) is 9.59 Å². The number of Topliss-reactive ketones (excluding diaryl/α,β-unsaturated/α-hetero) is 1. The Morgan fingerprint density at radius 3 is 2.56 bits per heavy atom. The molecule has 1 rings (SSSR count). The molecule has 0 bridgehead atoms. The molecule has 0 aliphatic heterocycles. The molecule has 4 nitrogen and oxygen atoms in total. The molecule has 0 saturated carbocycles. The van der Waals surface area contributed by atoms with E-state index in [1.807, 2.05) is 18.2 Å². The van der Waals surface area contributed by atoms with E-state index in [2.05, 4.69) is 0 Å². The third-order valence-electron chi connectivity index (χ3n) is 2.24. The summed E-state index contributed by atoms with van der Waals surface area (Å²) in [7, 11) is 1.73. The lowest BCUT2D eigenvalue weighted by Crippen LogP contribution is -2.21. The van der Waals surface area contributed by atoms with E-state index >= 15 is 0 Å². The fourth-order valence-corrected chi connectivity index (χ4v) is 1.37. The summed E-state index contributed by atoms with van der Waals surface area (Å²) in [6, 6.07) is 9.04. The monoisotopic (exact) mass is 247 g/mol. The van der Waals surface area contributed by atoms with Crippen molar-refractivity contribution in [2.24, 2.45) is 0 Å². The van der Waals surface area contributed by atoms with Crippen LogP contribution in [0.3, 0.4) is 0 Å². The molecule has 0 unspecified atom stereocenters.